The predicted octanol–water partition coefficient (Wildman–Crippen LogP) is 2.93. The summed E-state index contributed by atoms with van der Waals surface area (Å²) in [6, 6.07) is 10.9. The number of hydrogen-bond donors (Lipinski definition) is 0. The highest BCUT2D eigenvalue weighted by Gasteiger charge is 2.28. The first kappa shape index (κ1) is 19.5. The van der Waals surface area contributed by atoms with Crippen LogP contribution in [0.2, 0.25) is 5.02 Å². The molecular weight excluding hydrogens is 400 g/mol. The maximum absolute atomic E-state index is 12.8. The van der Waals surface area contributed by atoms with Crippen molar-refractivity contribution >= 4 is 21.6 Å². The minimum atomic E-state index is -3.44. The fourth-order valence-electron chi connectivity index (χ4n) is 3.50. The van der Waals surface area contributed by atoms with Crippen molar-refractivity contribution in [3.63, 3.8) is 0 Å². The highest BCUT2D eigenvalue weighted by atomic mass is 35.5. The van der Waals surface area contributed by atoms with Crippen LogP contribution in [0.1, 0.15) is 11.1 Å². The highest BCUT2D eigenvalue weighted by molar-refractivity contribution is 7.89. The van der Waals surface area contributed by atoms with Gasteiger partial charge in [-0.2, -0.15) is 4.31 Å². The number of halogens is 1. The van der Waals surface area contributed by atoms with Gasteiger partial charge in [0, 0.05) is 32.7 Å². The van der Waals surface area contributed by atoms with Crippen LogP contribution in [-0.2, 0) is 16.6 Å². The number of piperazine rings is 1. The van der Waals surface area contributed by atoms with Gasteiger partial charge in [0.25, 0.3) is 0 Å². The summed E-state index contributed by atoms with van der Waals surface area (Å²) < 4.78 is 38.4. The van der Waals surface area contributed by atoms with E-state index in [0.717, 1.165) is 11.1 Å². The minimum Gasteiger partial charge on any atom is -0.486 e. The number of aryl methyl sites for hydroxylation is 1. The summed E-state index contributed by atoms with van der Waals surface area (Å²) in [7, 11) is -3.44. The molecule has 2 heterocycles. The van der Waals surface area contributed by atoms with E-state index in [1.807, 2.05) is 31.2 Å². The Hall–Kier alpha value is -1.80. The van der Waals surface area contributed by atoms with Gasteiger partial charge in [-0.05, 0) is 36.8 Å². The molecule has 150 valence electrons. The summed E-state index contributed by atoms with van der Waals surface area (Å²) in [5, 5.41) is 0.549. The van der Waals surface area contributed by atoms with Crippen molar-refractivity contribution in [1.82, 2.24) is 9.21 Å². The minimum absolute atomic E-state index is 0.352. The molecule has 2 aliphatic rings. The normalized spacial score (nSPS) is 18.2. The van der Waals surface area contributed by atoms with Crippen LogP contribution >= 0.6 is 11.6 Å². The van der Waals surface area contributed by atoms with Gasteiger partial charge in [-0.25, -0.2) is 8.42 Å². The molecule has 0 bridgehead atoms. The third-order valence-electron chi connectivity index (χ3n) is 5.05. The Morgan fingerprint density at radius 3 is 2.39 bits per heavy atom. The molecule has 2 aromatic carbocycles. The lowest BCUT2D eigenvalue weighted by Crippen LogP contribution is -2.48. The third kappa shape index (κ3) is 3.98. The average Bonchev–Trinajstić information content (AvgIpc) is 2.69. The molecule has 0 aromatic heterocycles. The molecule has 0 aliphatic carbocycles. The first-order valence-corrected chi connectivity index (χ1v) is 11.1. The molecule has 0 radical (unpaired) electrons. The second kappa shape index (κ2) is 7.91. The molecule has 4 rings (SSSR count). The zero-order chi connectivity index (χ0) is 19.7. The van der Waals surface area contributed by atoms with Crippen molar-refractivity contribution < 1.29 is 17.9 Å². The van der Waals surface area contributed by atoms with Crippen molar-refractivity contribution in [3.8, 4) is 11.5 Å². The van der Waals surface area contributed by atoms with E-state index in [0.29, 0.717) is 67.4 Å². The molecule has 8 heteroatoms. The molecule has 0 spiro atoms. The largest absolute Gasteiger partial charge is 0.486 e. The van der Waals surface area contributed by atoms with E-state index in [9.17, 15) is 8.42 Å². The fourth-order valence-corrected chi connectivity index (χ4v) is 5.21. The maximum atomic E-state index is 12.8. The lowest BCUT2D eigenvalue weighted by Gasteiger charge is -2.34. The molecule has 0 amide bonds. The monoisotopic (exact) mass is 422 g/mol. The van der Waals surface area contributed by atoms with Crippen molar-refractivity contribution in [2.24, 2.45) is 0 Å². The van der Waals surface area contributed by atoms with Crippen LogP contribution in [0.25, 0.3) is 0 Å². The first-order chi connectivity index (χ1) is 13.4. The van der Waals surface area contributed by atoms with Gasteiger partial charge in [0.2, 0.25) is 10.0 Å². The van der Waals surface area contributed by atoms with E-state index in [2.05, 4.69) is 4.90 Å². The summed E-state index contributed by atoms with van der Waals surface area (Å²) in [6.45, 7) is 5.91. The number of hydrogen-bond acceptors (Lipinski definition) is 5. The van der Waals surface area contributed by atoms with E-state index in [1.165, 1.54) is 0 Å². The van der Waals surface area contributed by atoms with Crippen molar-refractivity contribution in [2.75, 3.05) is 39.4 Å². The number of nitrogens with zero attached hydrogens (tertiary/aromatic N) is 2. The molecule has 0 unspecified atom stereocenters. The van der Waals surface area contributed by atoms with Crippen LogP contribution in [0, 0.1) is 6.92 Å². The highest BCUT2D eigenvalue weighted by Crippen LogP contribution is 2.38. The Morgan fingerprint density at radius 2 is 1.68 bits per heavy atom. The van der Waals surface area contributed by atoms with E-state index < -0.39 is 10.0 Å². The first-order valence-electron chi connectivity index (χ1n) is 9.31. The lowest BCUT2D eigenvalue weighted by molar-refractivity contribution is 0.169. The van der Waals surface area contributed by atoms with Crippen LogP contribution in [0.4, 0.5) is 0 Å². The lowest BCUT2D eigenvalue weighted by atomic mass is 10.1. The zero-order valence-corrected chi connectivity index (χ0v) is 17.3. The number of rotatable bonds is 4. The molecule has 1 saturated heterocycles. The maximum Gasteiger partial charge on any atom is 0.243 e. The SMILES string of the molecule is Cc1ccc(S(=O)(=O)N2CCN(Cc3cc(Cl)c4c(c3)OCCO4)CC2)cc1. The second-order valence-electron chi connectivity index (χ2n) is 7.10. The van der Waals surface area contributed by atoms with Crippen LogP contribution in [0.5, 0.6) is 11.5 Å². The summed E-state index contributed by atoms with van der Waals surface area (Å²) in [4.78, 5) is 2.58. The Bertz CT molecular complexity index is 955. The summed E-state index contributed by atoms with van der Waals surface area (Å²) in [5.74, 6) is 1.28. The fraction of sp³-hybridized carbons (Fsp3) is 0.400. The third-order valence-corrected chi connectivity index (χ3v) is 7.25. The van der Waals surface area contributed by atoms with Crippen LogP contribution in [-0.4, -0.2) is 57.0 Å². The van der Waals surface area contributed by atoms with Crippen molar-refractivity contribution in [1.29, 1.82) is 0 Å². The van der Waals surface area contributed by atoms with Gasteiger partial charge in [-0.15, -0.1) is 0 Å². The van der Waals surface area contributed by atoms with E-state index in [4.69, 9.17) is 21.1 Å². The number of ether oxygens (including phenoxy) is 2. The van der Waals surface area contributed by atoms with Gasteiger partial charge in [-0.1, -0.05) is 29.3 Å². The average molecular weight is 423 g/mol. The van der Waals surface area contributed by atoms with Crippen molar-refractivity contribution in [2.45, 2.75) is 18.4 Å². The van der Waals surface area contributed by atoms with Gasteiger partial charge >= 0.3 is 0 Å². The quantitative estimate of drug-likeness (QED) is 0.758. The Morgan fingerprint density at radius 1 is 1.00 bits per heavy atom. The van der Waals surface area contributed by atoms with Gasteiger partial charge in [-0.3, -0.25) is 4.90 Å². The standard InChI is InChI=1S/C20H23ClN2O4S/c1-15-2-4-17(5-3-15)28(24,25)23-8-6-22(7-9-23)14-16-12-18(21)20-19(13-16)26-10-11-27-20/h2-5,12-13H,6-11,14H2,1H3. The zero-order valence-electron chi connectivity index (χ0n) is 15.7. The molecule has 6 nitrogen and oxygen atoms in total. The molecule has 0 saturated carbocycles. The Kier molecular flexibility index (Phi) is 5.51. The summed E-state index contributed by atoms with van der Waals surface area (Å²) >= 11 is 6.32. The molecule has 28 heavy (non-hydrogen) atoms. The van der Waals surface area contributed by atoms with Crippen molar-refractivity contribution in [3.05, 3.63) is 52.5 Å². The molecular formula is C20H23ClN2O4S. The number of sulfonamides is 1. The Labute approximate surface area is 170 Å². The van der Waals surface area contributed by atoms with Gasteiger partial charge in [0.05, 0.1) is 9.92 Å². The van der Waals surface area contributed by atoms with Gasteiger partial charge < -0.3 is 9.47 Å². The van der Waals surface area contributed by atoms with Crippen LogP contribution < -0.4 is 9.47 Å². The van der Waals surface area contributed by atoms with E-state index in [1.54, 1.807) is 16.4 Å². The number of fused-ring (bicyclic) bond motifs is 1. The Balaban J connectivity index is 1.41. The van der Waals surface area contributed by atoms with Gasteiger partial charge in [0.1, 0.15) is 13.2 Å². The molecule has 0 atom stereocenters. The van der Waals surface area contributed by atoms with Gasteiger partial charge in [0.15, 0.2) is 11.5 Å². The topological polar surface area (TPSA) is 59.1 Å². The summed E-state index contributed by atoms with van der Waals surface area (Å²) in [6.07, 6.45) is 0. The van der Waals surface area contributed by atoms with E-state index >= 15 is 0 Å². The molecule has 0 N–H and O–H groups in total. The smallest absolute Gasteiger partial charge is 0.243 e. The molecule has 2 aromatic rings. The second-order valence-corrected chi connectivity index (χ2v) is 9.44. The van der Waals surface area contributed by atoms with E-state index in [-0.39, 0.29) is 0 Å². The predicted molar refractivity (Wildman–Crippen MR) is 108 cm³/mol. The molecule has 1 fully saturated rings. The number of benzene rings is 2. The van der Waals surface area contributed by atoms with Crippen LogP contribution in [0.3, 0.4) is 0 Å². The molecule has 2 aliphatic heterocycles. The summed E-state index contributed by atoms with van der Waals surface area (Å²) in [5.41, 5.74) is 2.07. The van der Waals surface area contributed by atoms with Crippen LogP contribution in [0.15, 0.2) is 41.3 Å².